The molecule has 0 atom stereocenters. The van der Waals surface area contributed by atoms with Crippen LogP contribution in [0.5, 0.6) is 0 Å². The Morgan fingerprint density at radius 3 is 1.89 bits per heavy atom. The molecule has 0 fully saturated rings. The second-order valence-corrected chi connectivity index (χ2v) is 6.92. The smallest absolute Gasteiger partial charge is 1.00 e. The van der Waals surface area contributed by atoms with Crippen LogP contribution >= 0.6 is 0 Å². The van der Waals surface area contributed by atoms with E-state index in [9.17, 15) is 0 Å². The Labute approximate surface area is 204 Å². The number of allylic oxidation sites excluding steroid dienone is 4. The molecule has 0 aromatic heterocycles. The first kappa shape index (κ1) is 29.7. The van der Waals surface area contributed by atoms with Crippen molar-refractivity contribution in [2.45, 2.75) is 52.4 Å². The quantitative estimate of drug-likeness (QED) is 0.330. The molecule has 4 heteroatoms. The standard InChI is InChI=1S/C24H27.3ClH.Ti/c1-4-5-11-20-12-8-15-23(20)24(21-13-6-9-18(2)16-21)22-14-7-10-19(3)17-22;;;;/h6-10,13-14,16-17,24H,4-5,11,15H2,1-3H3;3*1H;/q-1;;;;+4/p-3. The zero-order chi connectivity index (χ0) is 16.9. The van der Waals surface area contributed by atoms with E-state index in [1.165, 1.54) is 40.7 Å². The van der Waals surface area contributed by atoms with Gasteiger partial charge in [0.2, 0.25) is 0 Å². The van der Waals surface area contributed by atoms with Crippen molar-refractivity contribution in [1.29, 1.82) is 0 Å². The first-order chi connectivity index (χ1) is 11.7. The molecule has 2 aromatic rings. The Balaban J connectivity index is 0. The molecule has 0 radical (unpaired) electrons. The third kappa shape index (κ3) is 7.40. The van der Waals surface area contributed by atoms with E-state index < -0.39 is 0 Å². The van der Waals surface area contributed by atoms with Gasteiger partial charge in [0.05, 0.1) is 0 Å². The molecule has 0 saturated carbocycles. The van der Waals surface area contributed by atoms with Gasteiger partial charge in [0.1, 0.15) is 0 Å². The van der Waals surface area contributed by atoms with Gasteiger partial charge < -0.3 is 37.2 Å². The fraction of sp³-hybridized carbons (Fsp3) is 0.333. The SMILES string of the molecule is CCCCC1=C(C(c2cccc(C)c2)c2cccc(C)c2)CC=[C-]1.[Cl-].[Cl-].[Cl-].[Ti+4]. The van der Waals surface area contributed by atoms with Gasteiger partial charge in [-0.15, -0.1) is 0 Å². The van der Waals surface area contributed by atoms with Crippen LogP contribution in [-0.4, -0.2) is 0 Å². The Hall–Kier alpha value is -0.496. The van der Waals surface area contributed by atoms with Crippen molar-refractivity contribution >= 4 is 0 Å². The van der Waals surface area contributed by atoms with Gasteiger partial charge in [0.15, 0.2) is 0 Å². The Morgan fingerprint density at radius 1 is 0.893 bits per heavy atom. The summed E-state index contributed by atoms with van der Waals surface area (Å²) in [5.74, 6) is 0.350. The maximum atomic E-state index is 3.55. The second-order valence-electron chi connectivity index (χ2n) is 6.92. The van der Waals surface area contributed by atoms with E-state index in [1.807, 2.05) is 0 Å². The molecule has 0 N–H and O–H groups in total. The van der Waals surface area contributed by atoms with E-state index >= 15 is 0 Å². The van der Waals surface area contributed by atoms with Crippen LogP contribution in [0.4, 0.5) is 0 Å². The molecule has 28 heavy (non-hydrogen) atoms. The normalized spacial score (nSPS) is 12.0. The fourth-order valence-electron chi connectivity index (χ4n) is 3.67. The van der Waals surface area contributed by atoms with Crippen LogP contribution in [0.1, 0.15) is 60.8 Å². The minimum Gasteiger partial charge on any atom is -1.00 e. The van der Waals surface area contributed by atoms with Crippen LogP contribution in [-0.2, 0) is 21.7 Å². The van der Waals surface area contributed by atoms with Crippen molar-refractivity contribution in [2.24, 2.45) is 0 Å². The van der Waals surface area contributed by atoms with Crippen LogP contribution in [0.15, 0.2) is 65.8 Å². The average molecular weight is 470 g/mol. The summed E-state index contributed by atoms with van der Waals surface area (Å²) in [7, 11) is 0. The molecular weight excluding hydrogens is 442 g/mol. The van der Waals surface area contributed by atoms with Crippen molar-refractivity contribution in [3.63, 3.8) is 0 Å². The summed E-state index contributed by atoms with van der Waals surface area (Å²) in [6.45, 7) is 6.63. The number of halogens is 3. The third-order valence-electron chi connectivity index (χ3n) is 4.87. The summed E-state index contributed by atoms with van der Waals surface area (Å²) in [6, 6.07) is 18.0. The summed E-state index contributed by atoms with van der Waals surface area (Å²) in [6.07, 6.45) is 10.4. The second kappa shape index (κ2) is 14.5. The first-order valence-corrected chi connectivity index (χ1v) is 9.12. The monoisotopic (exact) mass is 468 g/mol. The topological polar surface area (TPSA) is 0 Å². The van der Waals surface area contributed by atoms with Gasteiger partial charge in [0, 0.05) is 0 Å². The summed E-state index contributed by atoms with van der Waals surface area (Å²) in [5.41, 5.74) is 8.44. The number of unbranched alkanes of at least 4 members (excludes halogenated alkanes) is 1. The molecule has 3 rings (SSSR count). The molecule has 0 nitrogen and oxygen atoms in total. The zero-order valence-corrected chi connectivity index (χ0v) is 20.6. The first-order valence-electron chi connectivity index (χ1n) is 9.12. The van der Waals surface area contributed by atoms with Gasteiger partial charge in [-0.25, -0.2) is 5.57 Å². The molecule has 148 valence electrons. The minimum absolute atomic E-state index is 0. The molecule has 0 amide bonds. The molecule has 0 saturated heterocycles. The van der Waals surface area contributed by atoms with E-state index in [0.717, 1.165) is 12.8 Å². The molecular formula is C24H27Cl3Ti. The zero-order valence-electron chi connectivity index (χ0n) is 16.7. The van der Waals surface area contributed by atoms with Gasteiger partial charge in [-0.1, -0.05) is 103 Å². The van der Waals surface area contributed by atoms with Gasteiger partial charge >= 0.3 is 21.7 Å². The van der Waals surface area contributed by atoms with Crippen molar-refractivity contribution < 1.29 is 58.9 Å². The van der Waals surface area contributed by atoms with E-state index in [0.29, 0.717) is 5.92 Å². The van der Waals surface area contributed by atoms with Crippen molar-refractivity contribution in [3.8, 4) is 0 Å². The van der Waals surface area contributed by atoms with Gasteiger partial charge in [0.25, 0.3) is 0 Å². The van der Waals surface area contributed by atoms with Crippen LogP contribution in [0.25, 0.3) is 0 Å². The molecule has 1 aliphatic carbocycles. The van der Waals surface area contributed by atoms with Gasteiger partial charge in [-0.2, -0.15) is 11.6 Å². The number of hydrogen-bond acceptors (Lipinski definition) is 0. The summed E-state index contributed by atoms with van der Waals surface area (Å²) in [5, 5.41) is 0. The van der Waals surface area contributed by atoms with E-state index in [1.54, 1.807) is 5.57 Å². The largest absolute Gasteiger partial charge is 4.00 e. The van der Waals surface area contributed by atoms with Gasteiger partial charge in [-0.05, 0) is 19.8 Å². The number of benzene rings is 2. The van der Waals surface area contributed by atoms with Crippen LogP contribution in [0.2, 0.25) is 0 Å². The minimum atomic E-state index is 0. The number of aryl methyl sites for hydroxylation is 2. The fourth-order valence-corrected chi connectivity index (χ4v) is 3.67. The van der Waals surface area contributed by atoms with Gasteiger partial charge in [-0.3, -0.25) is 6.08 Å². The maximum Gasteiger partial charge on any atom is 4.00 e. The maximum absolute atomic E-state index is 3.55. The van der Waals surface area contributed by atoms with Crippen molar-refractivity contribution in [3.05, 3.63) is 94.1 Å². The summed E-state index contributed by atoms with van der Waals surface area (Å²) in [4.78, 5) is 0. The molecule has 0 heterocycles. The van der Waals surface area contributed by atoms with E-state index in [-0.39, 0.29) is 58.9 Å². The molecule has 2 aromatic carbocycles. The third-order valence-corrected chi connectivity index (χ3v) is 4.87. The van der Waals surface area contributed by atoms with Crippen molar-refractivity contribution in [2.75, 3.05) is 0 Å². The van der Waals surface area contributed by atoms with Crippen LogP contribution < -0.4 is 37.2 Å². The molecule has 0 bridgehead atoms. The van der Waals surface area contributed by atoms with E-state index in [2.05, 4.69) is 81.5 Å². The summed E-state index contributed by atoms with van der Waals surface area (Å²) >= 11 is 0. The predicted octanol–water partition coefficient (Wildman–Crippen LogP) is -2.31. The molecule has 1 aliphatic rings. The van der Waals surface area contributed by atoms with Crippen molar-refractivity contribution in [1.82, 2.24) is 0 Å². The number of rotatable bonds is 6. The Morgan fingerprint density at radius 2 is 1.43 bits per heavy atom. The summed E-state index contributed by atoms with van der Waals surface area (Å²) < 4.78 is 0. The number of hydrogen-bond donors (Lipinski definition) is 0. The molecule has 0 spiro atoms. The van der Waals surface area contributed by atoms with Crippen LogP contribution in [0, 0.1) is 19.9 Å². The Kier molecular flexibility index (Phi) is 15.4. The Bertz CT molecular complexity index is 735. The average Bonchev–Trinajstić information content (AvgIpc) is 3.01. The molecule has 0 aliphatic heterocycles. The predicted molar refractivity (Wildman–Crippen MR) is 103 cm³/mol. The van der Waals surface area contributed by atoms with Crippen LogP contribution in [0.3, 0.4) is 0 Å². The van der Waals surface area contributed by atoms with E-state index in [4.69, 9.17) is 0 Å². The molecule has 0 unspecified atom stereocenters.